The van der Waals surface area contributed by atoms with Crippen LogP contribution in [0.4, 0.5) is 26.0 Å². The number of halogens is 2. The van der Waals surface area contributed by atoms with Crippen molar-refractivity contribution in [2.24, 2.45) is 5.41 Å². The summed E-state index contributed by atoms with van der Waals surface area (Å²) in [5.41, 5.74) is -0.716. The van der Waals surface area contributed by atoms with Crippen LogP contribution in [0.15, 0.2) is 48.8 Å². The maximum atomic E-state index is 14.7. The molecule has 1 aliphatic heterocycles. The Hall–Kier alpha value is -4.28. The highest BCUT2D eigenvalue weighted by molar-refractivity contribution is 6.16. The van der Waals surface area contributed by atoms with Gasteiger partial charge in [0.25, 0.3) is 5.88 Å². The number of nitrogens with zero attached hydrogens (tertiary/aromatic N) is 2. The number of nitrogens with one attached hydrogen (secondary N) is 3. The molecular weight excluding hydrogens is 448 g/mol. The summed E-state index contributed by atoms with van der Waals surface area (Å²) in [6.45, 7) is 0.969. The van der Waals surface area contributed by atoms with Crippen LogP contribution in [-0.4, -0.2) is 34.9 Å². The van der Waals surface area contributed by atoms with E-state index in [4.69, 9.17) is 9.47 Å². The second kappa shape index (κ2) is 8.58. The summed E-state index contributed by atoms with van der Waals surface area (Å²) < 4.78 is 38.9. The van der Waals surface area contributed by atoms with Crippen LogP contribution in [0, 0.1) is 17.0 Å². The molecule has 1 aromatic heterocycles. The third-order valence-electron chi connectivity index (χ3n) is 5.53. The summed E-state index contributed by atoms with van der Waals surface area (Å²) in [7, 11) is 0. The molecule has 0 unspecified atom stereocenters. The Balaban J connectivity index is 1.26. The largest absolute Gasteiger partial charge is 0.483 e. The Morgan fingerprint density at radius 1 is 1.00 bits per heavy atom. The molecule has 2 aliphatic rings. The summed E-state index contributed by atoms with van der Waals surface area (Å²) in [6, 6.07) is 9.12. The number of hydrogen-bond acceptors (Lipinski definition) is 7. The fraction of sp³-hybridized carbons (Fsp3) is 0.217. The van der Waals surface area contributed by atoms with Gasteiger partial charge in [-0.2, -0.15) is 4.98 Å². The van der Waals surface area contributed by atoms with Crippen molar-refractivity contribution >= 4 is 29.0 Å². The number of amides is 2. The number of carbonyl (C=O) groups is 2. The van der Waals surface area contributed by atoms with Crippen molar-refractivity contribution in [3.63, 3.8) is 0 Å². The molecule has 2 amide bonds. The predicted octanol–water partition coefficient (Wildman–Crippen LogP) is 3.71. The fourth-order valence-electron chi connectivity index (χ4n) is 3.49. The van der Waals surface area contributed by atoms with E-state index in [-0.39, 0.29) is 23.1 Å². The first-order valence-corrected chi connectivity index (χ1v) is 10.5. The molecule has 9 nitrogen and oxygen atoms in total. The zero-order valence-corrected chi connectivity index (χ0v) is 17.7. The van der Waals surface area contributed by atoms with Gasteiger partial charge in [0.1, 0.15) is 24.2 Å². The van der Waals surface area contributed by atoms with Crippen molar-refractivity contribution in [2.45, 2.75) is 12.8 Å². The van der Waals surface area contributed by atoms with E-state index in [2.05, 4.69) is 25.9 Å². The van der Waals surface area contributed by atoms with Crippen LogP contribution in [0.25, 0.3) is 0 Å². The molecule has 1 saturated carbocycles. The summed E-state index contributed by atoms with van der Waals surface area (Å²) in [5, 5.41) is 8.24. The molecular formula is C23H19F2N5O4. The van der Waals surface area contributed by atoms with Crippen LogP contribution in [0.2, 0.25) is 0 Å². The van der Waals surface area contributed by atoms with Gasteiger partial charge in [-0.3, -0.25) is 9.59 Å². The third-order valence-corrected chi connectivity index (χ3v) is 5.53. The predicted molar refractivity (Wildman–Crippen MR) is 118 cm³/mol. The second-order valence-electron chi connectivity index (χ2n) is 7.88. The van der Waals surface area contributed by atoms with Gasteiger partial charge in [-0.1, -0.05) is 0 Å². The highest BCUT2D eigenvalue weighted by atomic mass is 19.1. The monoisotopic (exact) mass is 467 g/mol. The first-order chi connectivity index (χ1) is 16.4. The van der Waals surface area contributed by atoms with E-state index in [9.17, 15) is 18.4 Å². The SMILES string of the molecule is O=C(Nc1ccc(F)cc1)C1(C(=O)Nc2ccc(Oc3ncnc4c3OCCN4)c(F)c2)CC1. The lowest BCUT2D eigenvalue weighted by atomic mass is 10.0. The first-order valence-electron chi connectivity index (χ1n) is 10.5. The number of carbonyl (C=O) groups excluding carboxylic acids is 2. The van der Waals surface area contributed by atoms with Crippen LogP contribution in [0.3, 0.4) is 0 Å². The van der Waals surface area contributed by atoms with Crippen molar-refractivity contribution in [2.75, 3.05) is 29.1 Å². The van der Waals surface area contributed by atoms with Crippen LogP contribution in [0.1, 0.15) is 12.8 Å². The number of anilines is 3. The van der Waals surface area contributed by atoms with E-state index in [0.29, 0.717) is 37.5 Å². The Bertz CT molecular complexity index is 1260. The average molecular weight is 467 g/mol. The molecule has 2 heterocycles. The van der Waals surface area contributed by atoms with Gasteiger partial charge in [0.15, 0.2) is 17.4 Å². The van der Waals surface area contributed by atoms with Gasteiger partial charge in [0, 0.05) is 17.4 Å². The van der Waals surface area contributed by atoms with Gasteiger partial charge in [-0.15, -0.1) is 0 Å². The van der Waals surface area contributed by atoms with Crippen molar-refractivity contribution < 1.29 is 27.8 Å². The summed E-state index contributed by atoms with van der Waals surface area (Å²) in [5.74, 6) is -1.55. The molecule has 0 saturated heterocycles. The Morgan fingerprint density at radius 3 is 2.41 bits per heavy atom. The minimum absolute atomic E-state index is 0.0577. The van der Waals surface area contributed by atoms with Crippen molar-refractivity contribution in [1.82, 2.24) is 9.97 Å². The molecule has 2 aromatic carbocycles. The third kappa shape index (κ3) is 4.19. The topological polar surface area (TPSA) is 114 Å². The van der Waals surface area contributed by atoms with Crippen LogP contribution < -0.4 is 25.4 Å². The average Bonchev–Trinajstić information content (AvgIpc) is 3.65. The van der Waals surface area contributed by atoms with Gasteiger partial charge in [0.2, 0.25) is 17.6 Å². The van der Waals surface area contributed by atoms with Gasteiger partial charge < -0.3 is 25.4 Å². The summed E-state index contributed by atoms with van der Waals surface area (Å²) in [4.78, 5) is 33.5. The zero-order chi connectivity index (χ0) is 23.7. The molecule has 0 spiro atoms. The number of aromatic nitrogens is 2. The van der Waals surface area contributed by atoms with Gasteiger partial charge >= 0.3 is 0 Å². The Labute approximate surface area is 192 Å². The van der Waals surface area contributed by atoms with E-state index < -0.39 is 28.9 Å². The molecule has 0 atom stereocenters. The van der Waals surface area contributed by atoms with E-state index in [1.54, 1.807) is 0 Å². The number of benzene rings is 2. The number of fused-ring (bicyclic) bond motifs is 1. The van der Waals surface area contributed by atoms with Crippen LogP contribution in [0.5, 0.6) is 17.4 Å². The fourth-order valence-corrected chi connectivity index (χ4v) is 3.49. The van der Waals surface area contributed by atoms with E-state index in [1.807, 2.05) is 0 Å². The first kappa shape index (κ1) is 21.6. The zero-order valence-electron chi connectivity index (χ0n) is 17.7. The lowest BCUT2D eigenvalue weighted by Crippen LogP contribution is -2.35. The molecule has 0 radical (unpaired) electrons. The van der Waals surface area contributed by atoms with Crippen LogP contribution >= 0.6 is 0 Å². The lowest BCUT2D eigenvalue weighted by molar-refractivity contribution is -0.131. The minimum atomic E-state index is -1.26. The number of rotatable bonds is 6. The van der Waals surface area contributed by atoms with Crippen molar-refractivity contribution in [1.29, 1.82) is 0 Å². The maximum Gasteiger partial charge on any atom is 0.268 e. The minimum Gasteiger partial charge on any atom is -0.483 e. The normalized spacial score (nSPS) is 15.2. The maximum absolute atomic E-state index is 14.7. The number of ether oxygens (including phenoxy) is 2. The standard InChI is InChI=1S/C23H19F2N5O4/c24-13-1-3-14(4-2-13)29-21(31)23(7-8-23)22(32)30-15-5-6-17(16(25)11-15)34-20-18-19(27-12-28-20)26-9-10-33-18/h1-6,11-12H,7-10H2,(H,29,31)(H,30,32)(H,26,27,28). The highest BCUT2D eigenvalue weighted by Crippen LogP contribution is 2.47. The van der Waals surface area contributed by atoms with E-state index in [0.717, 1.165) is 6.07 Å². The highest BCUT2D eigenvalue weighted by Gasteiger charge is 2.56. The molecule has 1 aliphatic carbocycles. The van der Waals surface area contributed by atoms with Crippen molar-refractivity contribution in [3.8, 4) is 17.4 Å². The van der Waals surface area contributed by atoms with Gasteiger partial charge in [-0.25, -0.2) is 13.8 Å². The molecule has 174 valence electrons. The quantitative estimate of drug-likeness (QED) is 0.474. The number of hydrogen-bond donors (Lipinski definition) is 3. The van der Waals surface area contributed by atoms with Crippen molar-refractivity contribution in [3.05, 3.63) is 60.4 Å². The smallest absolute Gasteiger partial charge is 0.268 e. The van der Waals surface area contributed by atoms with Crippen LogP contribution in [-0.2, 0) is 9.59 Å². The Morgan fingerprint density at radius 2 is 1.71 bits per heavy atom. The lowest BCUT2D eigenvalue weighted by Gasteiger charge is -2.19. The molecule has 0 bridgehead atoms. The Kier molecular flexibility index (Phi) is 5.44. The molecule has 34 heavy (non-hydrogen) atoms. The molecule has 5 rings (SSSR count). The molecule has 3 aromatic rings. The molecule has 1 fully saturated rings. The second-order valence-corrected chi connectivity index (χ2v) is 7.88. The van der Waals surface area contributed by atoms with E-state index in [1.165, 1.54) is 42.7 Å². The summed E-state index contributed by atoms with van der Waals surface area (Å²) >= 11 is 0. The van der Waals surface area contributed by atoms with E-state index >= 15 is 0 Å². The summed E-state index contributed by atoms with van der Waals surface area (Å²) in [6.07, 6.45) is 1.97. The van der Waals surface area contributed by atoms with Gasteiger partial charge in [-0.05, 0) is 49.2 Å². The molecule has 3 N–H and O–H groups in total. The molecule has 11 heteroatoms. The van der Waals surface area contributed by atoms with Gasteiger partial charge in [0.05, 0.1) is 6.54 Å².